The minimum absolute atomic E-state index is 0.130. The number of nitrogens with one attached hydrogen (secondary N) is 1. The first-order chi connectivity index (χ1) is 14.1. The molecule has 1 amide bonds. The summed E-state index contributed by atoms with van der Waals surface area (Å²) in [6, 6.07) is 12.3. The number of ether oxygens (including phenoxy) is 3. The molecule has 0 saturated heterocycles. The van der Waals surface area contributed by atoms with Crippen LogP contribution >= 0.6 is 0 Å². The molecule has 2 heterocycles. The maximum atomic E-state index is 12.5. The molecule has 2 aromatic carbocycles. The van der Waals surface area contributed by atoms with Gasteiger partial charge in [0.2, 0.25) is 0 Å². The van der Waals surface area contributed by atoms with Gasteiger partial charge in [-0.2, -0.15) is 0 Å². The van der Waals surface area contributed by atoms with E-state index in [1.165, 1.54) is 10.9 Å². The van der Waals surface area contributed by atoms with Crippen molar-refractivity contribution in [3.8, 4) is 17.2 Å². The van der Waals surface area contributed by atoms with Gasteiger partial charge in [-0.05, 0) is 18.2 Å². The third-order valence-electron chi connectivity index (χ3n) is 4.43. The van der Waals surface area contributed by atoms with E-state index in [0.717, 1.165) is 0 Å². The molecular weight excluding hydrogens is 376 g/mol. The number of hydrogen-bond donors (Lipinski definition) is 2. The zero-order valence-electron chi connectivity index (χ0n) is 15.7. The number of carbonyl (C=O) groups is 1. The largest absolute Gasteiger partial charge is 0.496 e. The van der Waals surface area contributed by atoms with E-state index >= 15 is 0 Å². The van der Waals surface area contributed by atoms with Crippen molar-refractivity contribution in [3.63, 3.8) is 0 Å². The van der Waals surface area contributed by atoms with Crippen molar-refractivity contribution in [1.82, 2.24) is 15.0 Å². The second-order valence-electron chi connectivity index (χ2n) is 6.40. The number of methoxy groups -OCH3 is 1. The van der Waals surface area contributed by atoms with Gasteiger partial charge in [-0.15, -0.1) is 5.10 Å². The van der Waals surface area contributed by atoms with Gasteiger partial charge in [0, 0.05) is 17.3 Å². The summed E-state index contributed by atoms with van der Waals surface area (Å²) in [4.78, 5) is 12.5. The number of rotatable bonds is 6. The third-order valence-corrected chi connectivity index (χ3v) is 4.43. The van der Waals surface area contributed by atoms with Gasteiger partial charge in [0.05, 0.1) is 19.9 Å². The number of anilines is 1. The highest BCUT2D eigenvalue weighted by molar-refractivity contribution is 6.02. The summed E-state index contributed by atoms with van der Waals surface area (Å²) >= 11 is 0. The van der Waals surface area contributed by atoms with Gasteiger partial charge < -0.3 is 24.6 Å². The summed E-state index contributed by atoms with van der Waals surface area (Å²) in [5.74, 6) is 1.39. The molecule has 150 valence electrons. The second-order valence-corrected chi connectivity index (χ2v) is 6.40. The zero-order chi connectivity index (χ0) is 20.2. The van der Waals surface area contributed by atoms with Crippen molar-refractivity contribution >= 4 is 11.6 Å². The van der Waals surface area contributed by atoms with E-state index < -0.39 is 12.0 Å². The molecule has 1 atom stereocenters. The Bertz CT molecular complexity index is 1020. The Kier molecular flexibility index (Phi) is 5.30. The monoisotopic (exact) mass is 396 g/mol. The SMILES string of the molecule is COc1ccccc1[C@H](O)Cn1cc(C(=O)Nc2ccc3c(c2)OCCO3)nn1. The Morgan fingerprint density at radius 1 is 1.24 bits per heavy atom. The molecule has 0 aliphatic carbocycles. The molecule has 9 heteroatoms. The minimum Gasteiger partial charge on any atom is -0.496 e. The van der Waals surface area contributed by atoms with Crippen molar-refractivity contribution in [1.29, 1.82) is 0 Å². The topological polar surface area (TPSA) is 108 Å². The molecule has 9 nitrogen and oxygen atoms in total. The van der Waals surface area contributed by atoms with Gasteiger partial charge in [0.15, 0.2) is 17.2 Å². The fraction of sp³-hybridized carbons (Fsp3) is 0.250. The molecule has 29 heavy (non-hydrogen) atoms. The molecule has 0 fully saturated rings. The van der Waals surface area contributed by atoms with E-state index in [2.05, 4.69) is 15.6 Å². The fourth-order valence-corrected chi connectivity index (χ4v) is 3.03. The van der Waals surface area contributed by atoms with Crippen LogP contribution in [0, 0.1) is 0 Å². The summed E-state index contributed by atoms with van der Waals surface area (Å²) in [7, 11) is 1.54. The van der Waals surface area contributed by atoms with Crippen molar-refractivity contribution in [2.24, 2.45) is 0 Å². The first-order valence-electron chi connectivity index (χ1n) is 9.06. The Balaban J connectivity index is 1.42. The summed E-state index contributed by atoms with van der Waals surface area (Å²) in [6.45, 7) is 1.10. The number of benzene rings is 2. The molecule has 1 aromatic heterocycles. The summed E-state index contributed by atoms with van der Waals surface area (Å²) in [5, 5.41) is 21.1. The number of aliphatic hydroxyl groups is 1. The second kappa shape index (κ2) is 8.19. The molecule has 0 spiro atoms. The smallest absolute Gasteiger partial charge is 0.277 e. The number of para-hydroxylation sites is 1. The maximum Gasteiger partial charge on any atom is 0.277 e. The van der Waals surface area contributed by atoms with Gasteiger partial charge in [0.25, 0.3) is 5.91 Å². The van der Waals surface area contributed by atoms with Crippen molar-refractivity contribution < 1.29 is 24.1 Å². The van der Waals surface area contributed by atoms with Crippen molar-refractivity contribution in [3.05, 3.63) is 59.9 Å². The average Bonchev–Trinajstić information content (AvgIpc) is 3.22. The van der Waals surface area contributed by atoms with Crippen molar-refractivity contribution in [2.75, 3.05) is 25.6 Å². The Hall–Kier alpha value is -3.59. The first-order valence-corrected chi connectivity index (χ1v) is 9.06. The first kappa shape index (κ1) is 18.8. The van der Waals surface area contributed by atoms with E-state index in [0.29, 0.717) is 41.7 Å². The fourth-order valence-electron chi connectivity index (χ4n) is 3.03. The lowest BCUT2D eigenvalue weighted by atomic mass is 10.1. The highest BCUT2D eigenvalue weighted by Gasteiger charge is 2.18. The Labute approximate surface area is 166 Å². The quantitative estimate of drug-likeness (QED) is 0.656. The number of aliphatic hydroxyl groups excluding tert-OH is 1. The number of hydrogen-bond acceptors (Lipinski definition) is 7. The van der Waals surface area contributed by atoms with Crippen LogP contribution in [0.25, 0.3) is 0 Å². The lowest BCUT2D eigenvalue weighted by Gasteiger charge is -2.18. The highest BCUT2D eigenvalue weighted by atomic mass is 16.6. The van der Waals surface area contributed by atoms with E-state index in [9.17, 15) is 9.90 Å². The van der Waals surface area contributed by atoms with Crippen LogP contribution in [0.2, 0.25) is 0 Å². The van der Waals surface area contributed by atoms with Crippen LogP contribution < -0.4 is 19.5 Å². The number of nitrogens with zero attached hydrogens (tertiary/aromatic N) is 3. The minimum atomic E-state index is -0.860. The Morgan fingerprint density at radius 2 is 2.03 bits per heavy atom. The summed E-state index contributed by atoms with van der Waals surface area (Å²) in [6.07, 6.45) is 0.618. The lowest BCUT2D eigenvalue weighted by molar-refractivity contribution is 0.102. The molecule has 1 aliphatic heterocycles. The van der Waals surface area contributed by atoms with Crippen LogP contribution in [0.4, 0.5) is 5.69 Å². The van der Waals surface area contributed by atoms with E-state index in [1.807, 2.05) is 12.1 Å². The van der Waals surface area contributed by atoms with Gasteiger partial charge >= 0.3 is 0 Å². The standard InChI is InChI=1S/C20H20N4O5/c1-27-17-5-3-2-4-14(17)16(25)12-24-11-15(22-23-24)20(26)21-13-6-7-18-19(10-13)29-9-8-28-18/h2-7,10-11,16,25H,8-9,12H2,1H3,(H,21,26)/t16-/m1/s1. The summed E-state index contributed by atoms with van der Waals surface area (Å²) < 4.78 is 17.7. The molecule has 1 aliphatic rings. The van der Waals surface area contributed by atoms with E-state index in [4.69, 9.17) is 14.2 Å². The van der Waals surface area contributed by atoms with Gasteiger partial charge in [0.1, 0.15) is 25.1 Å². The molecule has 0 unspecified atom stereocenters. The van der Waals surface area contributed by atoms with Gasteiger partial charge in [-0.1, -0.05) is 23.4 Å². The lowest BCUT2D eigenvalue weighted by Crippen LogP contribution is -2.16. The van der Waals surface area contributed by atoms with E-state index in [1.54, 1.807) is 37.4 Å². The summed E-state index contributed by atoms with van der Waals surface area (Å²) in [5.41, 5.74) is 1.32. The van der Waals surface area contributed by atoms with Crippen molar-refractivity contribution in [2.45, 2.75) is 12.6 Å². The number of fused-ring (bicyclic) bond motifs is 1. The van der Waals surface area contributed by atoms with Crippen LogP contribution in [0.1, 0.15) is 22.2 Å². The van der Waals surface area contributed by atoms with Crippen LogP contribution in [-0.2, 0) is 6.54 Å². The molecule has 2 N–H and O–H groups in total. The van der Waals surface area contributed by atoms with Crippen LogP contribution in [0.5, 0.6) is 17.2 Å². The average molecular weight is 396 g/mol. The molecule has 3 aromatic rings. The number of aromatic nitrogens is 3. The third kappa shape index (κ3) is 4.14. The highest BCUT2D eigenvalue weighted by Crippen LogP contribution is 2.32. The molecule has 4 rings (SSSR count). The number of carbonyl (C=O) groups excluding carboxylic acids is 1. The predicted octanol–water partition coefficient (Wildman–Crippen LogP) is 2.04. The zero-order valence-corrected chi connectivity index (χ0v) is 15.7. The van der Waals surface area contributed by atoms with Crippen LogP contribution in [-0.4, -0.2) is 46.3 Å². The predicted molar refractivity (Wildman–Crippen MR) is 103 cm³/mol. The number of amides is 1. The maximum absolute atomic E-state index is 12.5. The van der Waals surface area contributed by atoms with Gasteiger partial charge in [-0.3, -0.25) is 4.79 Å². The van der Waals surface area contributed by atoms with Crippen LogP contribution in [0.15, 0.2) is 48.7 Å². The normalized spacial score (nSPS) is 13.6. The van der Waals surface area contributed by atoms with Gasteiger partial charge in [-0.25, -0.2) is 4.68 Å². The van der Waals surface area contributed by atoms with E-state index in [-0.39, 0.29) is 12.2 Å². The molecule has 0 saturated carbocycles. The molecule has 0 bridgehead atoms. The van der Waals surface area contributed by atoms with Crippen LogP contribution in [0.3, 0.4) is 0 Å². The Morgan fingerprint density at radius 3 is 2.86 bits per heavy atom. The molecule has 0 radical (unpaired) electrons. The molecular formula is C20H20N4O5.